The summed E-state index contributed by atoms with van der Waals surface area (Å²) in [6.45, 7) is 1.37. The first-order valence-corrected chi connectivity index (χ1v) is 4.90. The molecule has 2 aromatic rings. The van der Waals surface area contributed by atoms with Gasteiger partial charge in [-0.15, -0.1) is 10.2 Å². The average molecular weight is 233 g/mol. The molecule has 2 heterocycles. The number of aliphatic hydroxyl groups is 1. The molecule has 0 atom stereocenters. The van der Waals surface area contributed by atoms with Crippen LogP contribution in [0, 0.1) is 6.92 Å². The molecule has 0 aliphatic heterocycles. The standard InChI is InChI=1S/C10H11N5O2/c1-6-9(17)8(4-16)7(2-11-6)3-12-10-13-5-14-15-10/h2-3,5,16-17H,4H2,1H3,(H,13,14,15)/b12-3+. The maximum absolute atomic E-state index is 9.72. The van der Waals surface area contributed by atoms with Crippen LogP contribution in [0.25, 0.3) is 0 Å². The van der Waals surface area contributed by atoms with E-state index in [1.54, 1.807) is 6.92 Å². The highest BCUT2D eigenvalue weighted by molar-refractivity contribution is 5.83. The number of rotatable bonds is 3. The molecule has 2 aromatic heterocycles. The first kappa shape index (κ1) is 11.2. The molecule has 17 heavy (non-hydrogen) atoms. The third-order valence-electron chi connectivity index (χ3n) is 2.26. The highest BCUT2D eigenvalue weighted by Gasteiger charge is 2.09. The molecule has 0 unspecified atom stereocenters. The van der Waals surface area contributed by atoms with Crippen LogP contribution in [-0.2, 0) is 6.61 Å². The molecule has 2 rings (SSSR count). The summed E-state index contributed by atoms with van der Waals surface area (Å²) in [6.07, 6.45) is 4.39. The second-order valence-corrected chi connectivity index (χ2v) is 3.35. The second-order valence-electron chi connectivity index (χ2n) is 3.35. The minimum atomic E-state index is -0.285. The Morgan fingerprint density at radius 1 is 1.53 bits per heavy atom. The molecule has 7 heteroatoms. The van der Waals surface area contributed by atoms with E-state index in [1.807, 2.05) is 0 Å². The van der Waals surface area contributed by atoms with Crippen LogP contribution in [0.2, 0.25) is 0 Å². The van der Waals surface area contributed by atoms with Gasteiger partial charge in [0, 0.05) is 23.5 Å². The Kier molecular flexibility index (Phi) is 3.10. The summed E-state index contributed by atoms with van der Waals surface area (Å²) in [6, 6.07) is 0. The Balaban J connectivity index is 2.36. The van der Waals surface area contributed by atoms with E-state index in [0.29, 0.717) is 22.8 Å². The molecule has 0 saturated carbocycles. The number of hydrogen-bond donors (Lipinski definition) is 3. The number of aromatic nitrogens is 4. The predicted octanol–water partition coefficient (Wildman–Crippen LogP) is 0.457. The Hall–Kier alpha value is -2.28. The van der Waals surface area contributed by atoms with Gasteiger partial charge in [0.25, 0.3) is 0 Å². The Morgan fingerprint density at radius 2 is 2.35 bits per heavy atom. The van der Waals surface area contributed by atoms with Crippen molar-refractivity contribution in [1.29, 1.82) is 0 Å². The first-order valence-electron chi connectivity index (χ1n) is 4.90. The van der Waals surface area contributed by atoms with Gasteiger partial charge in [0.05, 0.1) is 12.3 Å². The second kappa shape index (κ2) is 4.71. The lowest BCUT2D eigenvalue weighted by Gasteiger charge is -2.06. The fraction of sp³-hybridized carbons (Fsp3) is 0.200. The van der Waals surface area contributed by atoms with Crippen LogP contribution in [0.1, 0.15) is 16.8 Å². The molecule has 7 nitrogen and oxygen atoms in total. The van der Waals surface area contributed by atoms with Crippen LogP contribution in [0.5, 0.6) is 5.75 Å². The molecule has 0 fully saturated rings. The van der Waals surface area contributed by atoms with Gasteiger partial charge in [0.1, 0.15) is 12.1 Å². The van der Waals surface area contributed by atoms with E-state index in [9.17, 15) is 10.2 Å². The summed E-state index contributed by atoms with van der Waals surface area (Å²) in [5.74, 6) is 0.322. The molecule has 0 bridgehead atoms. The fourth-order valence-electron chi connectivity index (χ4n) is 1.33. The van der Waals surface area contributed by atoms with Gasteiger partial charge in [-0.3, -0.25) is 4.98 Å². The third kappa shape index (κ3) is 2.28. The van der Waals surface area contributed by atoms with Crippen molar-refractivity contribution in [3.05, 3.63) is 29.3 Å². The van der Waals surface area contributed by atoms with E-state index in [-0.39, 0.29) is 12.4 Å². The predicted molar refractivity (Wildman–Crippen MR) is 60.2 cm³/mol. The summed E-state index contributed by atoms with van der Waals surface area (Å²) >= 11 is 0. The van der Waals surface area contributed by atoms with Gasteiger partial charge in [0.15, 0.2) is 0 Å². The topological polar surface area (TPSA) is 107 Å². The summed E-state index contributed by atoms with van der Waals surface area (Å²) in [4.78, 5) is 10.7. The molecule has 0 radical (unpaired) electrons. The van der Waals surface area contributed by atoms with Gasteiger partial charge in [-0.2, -0.15) is 0 Å². The van der Waals surface area contributed by atoms with Crippen LogP contribution >= 0.6 is 0 Å². The van der Waals surface area contributed by atoms with Crippen molar-refractivity contribution in [3.63, 3.8) is 0 Å². The number of aliphatic imine (C=N–C) groups is 1. The maximum atomic E-state index is 9.72. The Morgan fingerprint density at radius 3 is 3.00 bits per heavy atom. The van der Waals surface area contributed by atoms with Gasteiger partial charge in [-0.1, -0.05) is 0 Å². The minimum Gasteiger partial charge on any atom is -0.506 e. The number of aromatic amines is 1. The number of pyridine rings is 1. The number of aromatic hydroxyl groups is 1. The van der Waals surface area contributed by atoms with Crippen molar-refractivity contribution in [2.75, 3.05) is 0 Å². The van der Waals surface area contributed by atoms with Crippen LogP contribution in [-0.4, -0.2) is 36.6 Å². The quantitative estimate of drug-likeness (QED) is 0.667. The molecule has 0 aromatic carbocycles. The minimum absolute atomic E-state index is 0.0194. The van der Waals surface area contributed by atoms with Gasteiger partial charge < -0.3 is 15.2 Å². The summed E-state index contributed by atoms with van der Waals surface area (Å²) < 4.78 is 0. The zero-order valence-corrected chi connectivity index (χ0v) is 9.12. The van der Waals surface area contributed by atoms with Crippen LogP contribution in [0.4, 0.5) is 5.95 Å². The van der Waals surface area contributed by atoms with E-state index in [2.05, 4.69) is 25.2 Å². The average Bonchev–Trinajstić information content (AvgIpc) is 2.83. The number of H-pyrrole nitrogens is 1. The Labute approximate surface area is 96.9 Å². The number of nitrogens with zero attached hydrogens (tertiary/aromatic N) is 4. The zero-order valence-electron chi connectivity index (χ0n) is 9.12. The lowest BCUT2D eigenvalue weighted by molar-refractivity contribution is 0.274. The van der Waals surface area contributed by atoms with Crippen molar-refractivity contribution >= 4 is 12.2 Å². The maximum Gasteiger partial charge on any atom is 0.247 e. The molecule has 88 valence electrons. The van der Waals surface area contributed by atoms with Crippen molar-refractivity contribution < 1.29 is 10.2 Å². The normalized spacial score (nSPS) is 11.2. The Bertz CT molecular complexity index is 536. The lowest BCUT2D eigenvalue weighted by Crippen LogP contribution is -1.97. The highest BCUT2D eigenvalue weighted by Crippen LogP contribution is 2.22. The smallest absolute Gasteiger partial charge is 0.247 e. The van der Waals surface area contributed by atoms with E-state index in [4.69, 9.17) is 0 Å². The SMILES string of the molecule is Cc1ncc(/C=N/c2nnc[nH]2)c(CO)c1O. The molecule has 0 aliphatic rings. The molecule has 3 N–H and O–H groups in total. The van der Waals surface area contributed by atoms with Gasteiger partial charge >= 0.3 is 0 Å². The highest BCUT2D eigenvalue weighted by atomic mass is 16.3. The van der Waals surface area contributed by atoms with Crippen molar-refractivity contribution in [2.24, 2.45) is 4.99 Å². The monoisotopic (exact) mass is 233 g/mol. The van der Waals surface area contributed by atoms with E-state index in [0.717, 1.165) is 0 Å². The van der Waals surface area contributed by atoms with Crippen molar-refractivity contribution in [3.8, 4) is 5.75 Å². The van der Waals surface area contributed by atoms with Crippen LogP contribution < -0.4 is 0 Å². The van der Waals surface area contributed by atoms with Crippen LogP contribution in [0.15, 0.2) is 17.5 Å². The lowest BCUT2D eigenvalue weighted by atomic mass is 10.1. The molecule has 0 saturated heterocycles. The number of aryl methyl sites for hydroxylation is 1. The molecule has 0 spiro atoms. The van der Waals surface area contributed by atoms with E-state index < -0.39 is 0 Å². The fourth-order valence-corrected chi connectivity index (χ4v) is 1.33. The molecule has 0 aliphatic carbocycles. The summed E-state index contributed by atoms with van der Waals surface area (Å²) in [5.41, 5.74) is 1.39. The number of nitrogens with one attached hydrogen (secondary N) is 1. The number of hydrogen-bond acceptors (Lipinski definition) is 6. The van der Waals surface area contributed by atoms with Gasteiger partial charge in [0.2, 0.25) is 5.95 Å². The summed E-state index contributed by atoms with van der Waals surface area (Å²) in [5, 5.41) is 26.2. The third-order valence-corrected chi connectivity index (χ3v) is 2.26. The molecular formula is C10H11N5O2. The molecular weight excluding hydrogens is 222 g/mol. The van der Waals surface area contributed by atoms with Crippen molar-refractivity contribution in [2.45, 2.75) is 13.5 Å². The van der Waals surface area contributed by atoms with Gasteiger partial charge in [-0.05, 0) is 6.92 Å². The van der Waals surface area contributed by atoms with E-state index >= 15 is 0 Å². The molecule has 0 amide bonds. The first-order chi connectivity index (χ1) is 8.22. The van der Waals surface area contributed by atoms with Gasteiger partial charge in [-0.25, -0.2) is 4.99 Å². The summed E-state index contributed by atoms with van der Waals surface area (Å²) in [7, 11) is 0. The zero-order chi connectivity index (χ0) is 12.3. The number of aliphatic hydroxyl groups excluding tert-OH is 1. The van der Waals surface area contributed by atoms with E-state index in [1.165, 1.54) is 18.7 Å². The largest absolute Gasteiger partial charge is 0.506 e. The van der Waals surface area contributed by atoms with Crippen molar-refractivity contribution in [1.82, 2.24) is 20.2 Å². The van der Waals surface area contributed by atoms with Crippen LogP contribution in [0.3, 0.4) is 0 Å².